The number of amides is 1. The summed E-state index contributed by atoms with van der Waals surface area (Å²) in [4.78, 5) is 19.7. The molecule has 36 heavy (non-hydrogen) atoms. The van der Waals surface area contributed by atoms with Crippen molar-refractivity contribution in [3.8, 4) is 11.3 Å². The molecule has 3 aromatic rings. The molecule has 2 aromatic carbocycles. The minimum atomic E-state index is -3.52. The number of ether oxygens (including phenoxy) is 2. The molecule has 2 fully saturated rings. The van der Waals surface area contributed by atoms with E-state index in [2.05, 4.69) is 15.2 Å². The van der Waals surface area contributed by atoms with Crippen molar-refractivity contribution in [3.05, 3.63) is 71.4 Å². The number of hydrogen-bond donors (Lipinski definition) is 1. The van der Waals surface area contributed by atoms with E-state index < -0.39 is 10.0 Å². The van der Waals surface area contributed by atoms with Crippen molar-refractivity contribution >= 4 is 44.6 Å². The van der Waals surface area contributed by atoms with Crippen molar-refractivity contribution in [2.45, 2.75) is 0 Å². The molecule has 0 spiro atoms. The number of benzene rings is 2. The fraction of sp³-hybridized carbons (Fsp3) is 0.280. The van der Waals surface area contributed by atoms with Crippen molar-refractivity contribution in [1.82, 2.24) is 4.98 Å². The third kappa shape index (κ3) is 5.17. The van der Waals surface area contributed by atoms with E-state index in [1.165, 1.54) is 4.31 Å². The molecule has 188 valence electrons. The molecule has 1 amide bonds. The van der Waals surface area contributed by atoms with Crippen LogP contribution in [-0.2, 0) is 19.5 Å². The maximum Gasteiger partial charge on any atom is 0.259 e. The third-order valence-electron chi connectivity index (χ3n) is 6.04. The fourth-order valence-electron chi connectivity index (χ4n) is 4.23. The van der Waals surface area contributed by atoms with Crippen LogP contribution in [0.3, 0.4) is 0 Å². The summed E-state index contributed by atoms with van der Waals surface area (Å²) < 4.78 is 36.3. The summed E-state index contributed by atoms with van der Waals surface area (Å²) in [5.74, 6) is -0.674. The number of nitrogens with zero attached hydrogens (tertiary/aromatic N) is 3. The molecule has 9 nitrogen and oxygen atoms in total. The lowest BCUT2D eigenvalue weighted by molar-refractivity contribution is 0.102. The van der Waals surface area contributed by atoms with Gasteiger partial charge in [0.2, 0.25) is 0 Å². The predicted octanol–water partition coefficient (Wildman–Crippen LogP) is 3.61. The number of aromatic nitrogens is 1. The molecule has 0 bridgehead atoms. The van der Waals surface area contributed by atoms with Gasteiger partial charge in [-0.1, -0.05) is 11.6 Å². The van der Waals surface area contributed by atoms with Crippen molar-refractivity contribution in [2.75, 3.05) is 59.9 Å². The highest BCUT2D eigenvalue weighted by Crippen LogP contribution is 2.36. The van der Waals surface area contributed by atoms with Crippen LogP contribution in [0.2, 0.25) is 5.02 Å². The average Bonchev–Trinajstić information content (AvgIpc) is 2.90. The second-order valence-corrected chi connectivity index (χ2v) is 10.6. The summed E-state index contributed by atoms with van der Waals surface area (Å²) >= 11 is 6.55. The lowest BCUT2D eigenvalue weighted by atomic mass is 10.1. The van der Waals surface area contributed by atoms with Crippen LogP contribution in [0.1, 0.15) is 10.4 Å². The molecule has 0 unspecified atom stereocenters. The Morgan fingerprint density at radius 2 is 1.72 bits per heavy atom. The van der Waals surface area contributed by atoms with Crippen LogP contribution in [0.5, 0.6) is 0 Å². The number of pyridine rings is 1. The molecule has 5 rings (SSSR count). The standard InChI is InChI=1S/C25H25ClN4O5S/c26-22-8-5-19(16-21(22)24-23(2-1-9-27-24)29-10-13-34-14-11-29)28-25(31)18-3-6-20(7-4-18)30-12-15-35-17-36(30,32)33/h1-9,16H,10-15,17H2,(H,28,31). The first kappa shape index (κ1) is 24.5. The van der Waals surface area contributed by atoms with Gasteiger partial charge in [0.05, 0.1) is 48.5 Å². The summed E-state index contributed by atoms with van der Waals surface area (Å²) in [6.07, 6.45) is 1.72. The first-order valence-corrected chi connectivity index (χ1v) is 13.5. The molecule has 11 heteroatoms. The normalized spacial score (nSPS) is 17.6. The number of hydrogen-bond acceptors (Lipinski definition) is 7. The molecule has 2 aliphatic heterocycles. The van der Waals surface area contributed by atoms with Gasteiger partial charge in [-0.3, -0.25) is 14.1 Å². The lowest BCUT2D eigenvalue weighted by Crippen LogP contribution is -2.41. The second-order valence-electron chi connectivity index (χ2n) is 8.38. The van der Waals surface area contributed by atoms with Crippen LogP contribution in [-0.4, -0.2) is 64.7 Å². The number of morpholine rings is 1. The molecule has 0 atom stereocenters. The summed E-state index contributed by atoms with van der Waals surface area (Å²) in [6, 6.07) is 15.6. The van der Waals surface area contributed by atoms with E-state index in [1.54, 1.807) is 48.7 Å². The Bertz CT molecular complexity index is 1360. The highest BCUT2D eigenvalue weighted by atomic mass is 35.5. The molecular formula is C25H25ClN4O5S. The largest absolute Gasteiger partial charge is 0.378 e. The van der Waals surface area contributed by atoms with Gasteiger partial charge in [0.1, 0.15) is 0 Å². The van der Waals surface area contributed by atoms with Gasteiger partial charge in [-0.15, -0.1) is 0 Å². The average molecular weight is 529 g/mol. The van der Waals surface area contributed by atoms with E-state index in [0.717, 1.165) is 24.5 Å². The van der Waals surface area contributed by atoms with Gasteiger partial charge in [-0.05, 0) is 54.6 Å². The van der Waals surface area contributed by atoms with Crippen LogP contribution in [0.4, 0.5) is 17.1 Å². The summed E-state index contributed by atoms with van der Waals surface area (Å²) in [6.45, 7) is 3.37. The molecule has 2 saturated heterocycles. The third-order valence-corrected chi connectivity index (χ3v) is 7.90. The molecule has 0 radical (unpaired) electrons. The van der Waals surface area contributed by atoms with E-state index in [9.17, 15) is 13.2 Å². The minimum absolute atomic E-state index is 0.237. The zero-order valence-electron chi connectivity index (χ0n) is 19.4. The highest BCUT2D eigenvalue weighted by molar-refractivity contribution is 7.92. The molecule has 1 N–H and O–H groups in total. The molecule has 2 aliphatic rings. The Hall–Kier alpha value is -3.18. The fourth-order valence-corrected chi connectivity index (χ4v) is 5.69. The number of carbonyl (C=O) groups excluding carboxylic acids is 1. The number of sulfonamides is 1. The van der Waals surface area contributed by atoms with E-state index in [1.807, 2.05) is 12.1 Å². The van der Waals surface area contributed by atoms with Gasteiger partial charge in [-0.2, -0.15) is 0 Å². The Morgan fingerprint density at radius 1 is 0.972 bits per heavy atom. The van der Waals surface area contributed by atoms with Crippen molar-refractivity contribution in [1.29, 1.82) is 0 Å². The minimum Gasteiger partial charge on any atom is -0.378 e. The van der Waals surface area contributed by atoms with E-state index in [4.69, 9.17) is 21.1 Å². The second kappa shape index (κ2) is 10.4. The Morgan fingerprint density at radius 3 is 2.47 bits per heavy atom. The zero-order valence-corrected chi connectivity index (χ0v) is 21.0. The molecule has 1 aromatic heterocycles. The number of carbonyl (C=O) groups is 1. The van der Waals surface area contributed by atoms with Crippen molar-refractivity contribution < 1.29 is 22.7 Å². The van der Waals surface area contributed by atoms with Gasteiger partial charge in [-0.25, -0.2) is 8.42 Å². The Kier molecular flexibility index (Phi) is 7.10. The first-order valence-electron chi connectivity index (χ1n) is 11.5. The van der Waals surface area contributed by atoms with Crippen molar-refractivity contribution in [2.24, 2.45) is 0 Å². The number of anilines is 3. The van der Waals surface area contributed by atoms with E-state index >= 15 is 0 Å². The maximum absolute atomic E-state index is 12.9. The van der Waals surface area contributed by atoms with Crippen LogP contribution in [0.25, 0.3) is 11.3 Å². The smallest absolute Gasteiger partial charge is 0.259 e. The van der Waals surface area contributed by atoms with Crippen LogP contribution in [0, 0.1) is 0 Å². The number of rotatable bonds is 5. The SMILES string of the molecule is O=C(Nc1ccc(Cl)c(-c2ncccc2N2CCOCC2)c1)c1ccc(N2CCOCS2(=O)=O)cc1. The molecular weight excluding hydrogens is 504 g/mol. The Balaban J connectivity index is 1.36. The van der Waals surface area contributed by atoms with Gasteiger partial charge in [0, 0.05) is 36.1 Å². The molecule has 3 heterocycles. The predicted molar refractivity (Wildman–Crippen MR) is 139 cm³/mol. The van der Waals surface area contributed by atoms with Gasteiger partial charge >= 0.3 is 0 Å². The zero-order chi connectivity index (χ0) is 25.1. The van der Waals surface area contributed by atoms with Crippen molar-refractivity contribution in [3.63, 3.8) is 0 Å². The van der Waals surface area contributed by atoms with Gasteiger partial charge in [0.15, 0.2) is 5.94 Å². The van der Waals surface area contributed by atoms with Crippen LogP contribution >= 0.6 is 11.6 Å². The number of nitrogens with one attached hydrogen (secondary N) is 1. The first-order chi connectivity index (χ1) is 17.4. The van der Waals surface area contributed by atoms with Gasteiger partial charge in [0.25, 0.3) is 15.9 Å². The summed E-state index contributed by atoms with van der Waals surface area (Å²) in [7, 11) is -3.52. The maximum atomic E-state index is 12.9. The lowest BCUT2D eigenvalue weighted by Gasteiger charge is -2.30. The highest BCUT2D eigenvalue weighted by Gasteiger charge is 2.27. The molecule has 0 aliphatic carbocycles. The van der Waals surface area contributed by atoms with E-state index in [-0.39, 0.29) is 18.4 Å². The van der Waals surface area contributed by atoms with Gasteiger partial charge < -0.3 is 19.7 Å². The van der Waals surface area contributed by atoms with E-state index in [0.29, 0.717) is 47.3 Å². The van der Waals surface area contributed by atoms with Crippen LogP contribution < -0.4 is 14.5 Å². The number of halogens is 1. The quantitative estimate of drug-likeness (QED) is 0.539. The van der Waals surface area contributed by atoms with Crippen LogP contribution in [0.15, 0.2) is 60.8 Å². The Labute approximate surface area is 214 Å². The summed E-state index contributed by atoms with van der Waals surface area (Å²) in [5, 5.41) is 3.42. The summed E-state index contributed by atoms with van der Waals surface area (Å²) in [5.41, 5.74) is 3.86. The monoisotopic (exact) mass is 528 g/mol. The molecule has 0 saturated carbocycles. The topological polar surface area (TPSA) is 101 Å².